The van der Waals surface area contributed by atoms with Gasteiger partial charge >= 0.3 is 0 Å². The van der Waals surface area contributed by atoms with Gasteiger partial charge in [0, 0.05) is 30.6 Å². The Hall–Kier alpha value is -1.87. The predicted molar refractivity (Wildman–Crippen MR) is 77.7 cm³/mol. The number of rotatable bonds is 2. The Kier molecular flexibility index (Phi) is 4.97. The van der Waals surface area contributed by atoms with Crippen molar-refractivity contribution < 1.29 is 20.1 Å². The summed E-state index contributed by atoms with van der Waals surface area (Å²) in [5.41, 5.74) is 2.18. The van der Waals surface area contributed by atoms with E-state index in [4.69, 9.17) is 5.11 Å². The molecule has 2 atom stereocenters. The van der Waals surface area contributed by atoms with Crippen LogP contribution in [0.5, 0.6) is 0 Å². The predicted octanol–water partition coefficient (Wildman–Crippen LogP) is -0.0935. The van der Waals surface area contributed by atoms with Gasteiger partial charge in [0.25, 0.3) is 5.91 Å². The number of carbonyl (C=O) groups excluding carboxylic acids is 1. The number of amides is 1. The van der Waals surface area contributed by atoms with E-state index in [1.165, 1.54) is 4.90 Å². The Labute approximate surface area is 123 Å². The maximum atomic E-state index is 12.3. The lowest BCUT2D eigenvalue weighted by Crippen LogP contribution is -2.29. The second-order valence-corrected chi connectivity index (χ2v) is 5.15. The lowest BCUT2D eigenvalue weighted by Gasteiger charge is -2.15. The van der Waals surface area contributed by atoms with Gasteiger partial charge in [-0.25, -0.2) is 0 Å². The van der Waals surface area contributed by atoms with Gasteiger partial charge in [-0.1, -0.05) is 17.9 Å². The third-order valence-corrected chi connectivity index (χ3v) is 3.49. The molecule has 1 saturated heterocycles. The van der Waals surface area contributed by atoms with Crippen molar-refractivity contribution in [1.29, 1.82) is 0 Å². The Bertz CT molecular complexity index is 578. The lowest BCUT2D eigenvalue weighted by atomic mass is 10.0. The van der Waals surface area contributed by atoms with Crippen molar-refractivity contribution in [2.24, 2.45) is 0 Å². The minimum Gasteiger partial charge on any atom is -0.395 e. The molecule has 0 radical (unpaired) electrons. The molecule has 0 aliphatic carbocycles. The minimum absolute atomic E-state index is 0.00816. The highest BCUT2D eigenvalue weighted by Crippen LogP contribution is 2.16. The van der Waals surface area contributed by atoms with Gasteiger partial charge in [-0.2, -0.15) is 0 Å². The van der Waals surface area contributed by atoms with E-state index in [1.807, 2.05) is 13.0 Å². The highest BCUT2D eigenvalue weighted by molar-refractivity contribution is 5.95. The van der Waals surface area contributed by atoms with Crippen LogP contribution in [0.25, 0.3) is 0 Å². The molecule has 1 heterocycles. The molecule has 0 saturated carbocycles. The van der Waals surface area contributed by atoms with Crippen LogP contribution in [-0.4, -0.2) is 58.0 Å². The Morgan fingerprint density at radius 2 is 2.00 bits per heavy atom. The first-order valence-electron chi connectivity index (χ1n) is 6.88. The minimum atomic E-state index is -0.886. The summed E-state index contributed by atoms with van der Waals surface area (Å²) >= 11 is 0. The number of likely N-dealkylation sites (tertiary alicyclic amines) is 1. The largest absolute Gasteiger partial charge is 0.395 e. The van der Waals surface area contributed by atoms with E-state index in [-0.39, 0.29) is 25.6 Å². The molecule has 0 spiro atoms. The maximum absolute atomic E-state index is 12.3. The van der Waals surface area contributed by atoms with Gasteiger partial charge in [0.15, 0.2) is 0 Å². The van der Waals surface area contributed by atoms with Crippen molar-refractivity contribution in [2.75, 3.05) is 19.7 Å². The van der Waals surface area contributed by atoms with Crippen molar-refractivity contribution in [3.8, 4) is 11.8 Å². The second kappa shape index (κ2) is 6.72. The summed E-state index contributed by atoms with van der Waals surface area (Å²) in [6.07, 6.45) is -1.38. The average molecular weight is 289 g/mol. The smallest absolute Gasteiger partial charge is 0.254 e. The first kappa shape index (κ1) is 15.5. The summed E-state index contributed by atoms with van der Waals surface area (Å²) in [5, 5.41) is 27.8. The molecular weight excluding hydrogens is 270 g/mol. The number of aliphatic hydroxyl groups is 3. The van der Waals surface area contributed by atoms with E-state index in [0.29, 0.717) is 12.0 Å². The van der Waals surface area contributed by atoms with E-state index >= 15 is 0 Å². The molecule has 1 aromatic carbocycles. The molecule has 3 N–H and O–H groups in total. The number of β-amino-alcohol motifs (C(OH)–C–C–N with tert-alkyl or cyclic N) is 2. The molecule has 112 valence electrons. The zero-order valence-corrected chi connectivity index (χ0v) is 11.9. The highest BCUT2D eigenvalue weighted by Gasteiger charge is 2.32. The molecule has 1 fully saturated rings. The van der Waals surface area contributed by atoms with Crippen molar-refractivity contribution in [3.63, 3.8) is 0 Å². The molecule has 5 heteroatoms. The molecule has 1 aromatic rings. The number of aryl methyl sites for hydroxylation is 1. The van der Waals surface area contributed by atoms with E-state index < -0.39 is 12.2 Å². The topological polar surface area (TPSA) is 81.0 Å². The summed E-state index contributed by atoms with van der Waals surface area (Å²) in [7, 11) is 0. The van der Waals surface area contributed by atoms with Gasteiger partial charge < -0.3 is 20.2 Å². The van der Waals surface area contributed by atoms with Crippen LogP contribution >= 0.6 is 0 Å². The van der Waals surface area contributed by atoms with E-state index in [9.17, 15) is 15.0 Å². The summed E-state index contributed by atoms with van der Waals surface area (Å²) in [4.78, 5) is 13.8. The zero-order valence-electron chi connectivity index (χ0n) is 11.9. The van der Waals surface area contributed by atoms with Crippen molar-refractivity contribution >= 4 is 5.91 Å². The molecule has 2 unspecified atom stereocenters. The van der Waals surface area contributed by atoms with Gasteiger partial charge in [0.2, 0.25) is 0 Å². The summed E-state index contributed by atoms with van der Waals surface area (Å²) in [5.74, 6) is 5.55. The van der Waals surface area contributed by atoms with Gasteiger partial charge in [-0.05, 0) is 24.6 Å². The van der Waals surface area contributed by atoms with Crippen LogP contribution in [-0.2, 0) is 0 Å². The van der Waals surface area contributed by atoms with Crippen LogP contribution in [0.15, 0.2) is 18.2 Å². The number of hydrogen-bond acceptors (Lipinski definition) is 4. The van der Waals surface area contributed by atoms with Crippen LogP contribution in [0.4, 0.5) is 0 Å². The molecular formula is C16H19NO4. The SMILES string of the molecule is Cc1ccc(C(=O)N2CC(O)C(O)C2)cc1C#CCCO. The first-order valence-corrected chi connectivity index (χ1v) is 6.88. The fourth-order valence-corrected chi connectivity index (χ4v) is 2.22. The van der Waals surface area contributed by atoms with Crippen LogP contribution < -0.4 is 0 Å². The molecule has 1 aliphatic rings. The van der Waals surface area contributed by atoms with E-state index in [2.05, 4.69) is 11.8 Å². The number of benzene rings is 1. The first-order chi connectivity index (χ1) is 10.0. The Morgan fingerprint density at radius 3 is 2.62 bits per heavy atom. The van der Waals surface area contributed by atoms with Crippen molar-refractivity contribution in [1.82, 2.24) is 4.90 Å². The van der Waals surface area contributed by atoms with Crippen LogP contribution in [0.1, 0.15) is 27.9 Å². The van der Waals surface area contributed by atoms with E-state index in [1.54, 1.807) is 12.1 Å². The third-order valence-electron chi connectivity index (χ3n) is 3.49. The van der Waals surface area contributed by atoms with Crippen LogP contribution in [0.2, 0.25) is 0 Å². The van der Waals surface area contributed by atoms with E-state index in [0.717, 1.165) is 11.1 Å². The van der Waals surface area contributed by atoms with Crippen molar-refractivity contribution in [3.05, 3.63) is 34.9 Å². The number of carbonyl (C=O) groups is 1. The summed E-state index contributed by atoms with van der Waals surface area (Å²) < 4.78 is 0. The third kappa shape index (κ3) is 3.61. The Balaban J connectivity index is 2.19. The quantitative estimate of drug-likeness (QED) is 0.665. The molecule has 1 aliphatic heterocycles. The normalized spacial score (nSPS) is 21.0. The zero-order chi connectivity index (χ0) is 15.4. The molecule has 5 nitrogen and oxygen atoms in total. The molecule has 0 bridgehead atoms. The van der Waals surface area contributed by atoms with Gasteiger partial charge in [-0.3, -0.25) is 4.79 Å². The van der Waals surface area contributed by atoms with Gasteiger partial charge in [-0.15, -0.1) is 0 Å². The average Bonchev–Trinajstić information content (AvgIpc) is 2.80. The van der Waals surface area contributed by atoms with Crippen LogP contribution in [0, 0.1) is 18.8 Å². The number of hydrogen-bond donors (Lipinski definition) is 3. The van der Waals surface area contributed by atoms with Crippen molar-refractivity contribution in [2.45, 2.75) is 25.6 Å². The molecule has 21 heavy (non-hydrogen) atoms. The molecule has 1 amide bonds. The summed E-state index contributed by atoms with van der Waals surface area (Å²) in [6.45, 7) is 2.19. The Morgan fingerprint density at radius 1 is 1.33 bits per heavy atom. The van der Waals surface area contributed by atoms with Gasteiger partial charge in [0.05, 0.1) is 18.8 Å². The number of aliphatic hydroxyl groups excluding tert-OH is 3. The standard InChI is InChI=1S/C16H19NO4/c1-11-5-6-13(8-12(11)4-2-3-7-18)16(21)17-9-14(19)15(20)10-17/h5-6,8,14-15,18-20H,3,7,9-10H2,1H3. The lowest BCUT2D eigenvalue weighted by molar-refractivity contribution is 0.0572. The fourth-order valence-electron chi connectivity index (χ4n) is 2.22. The molecule has 0 aromatic heterocycles. The fraction of sp³-hybridized carbons (Fsp3) is 0.438. The van der Waals surface area contributed by atoms with Crippen LogP contribution in [0.3, 0.4) is 0 Å². The number of nitrogens with zero attached hydrogens (tertiary/aromatic N) is 1. The molecule has 2 rings (SSSR count). The van der Waals surface area contributed by atoms with Gasteiger partial charge in [0.1, 0.15) is 0 Å². The summed E-state index contributed by atoms with van der Waals surface area (Å²) in [6, 6.07) is 5.24. The maximum Gasteiger partial charge on any atom is 0.254 e. The highest BCUT2D eigenvalue weighted by atomic mass is 16.3. The second-order valence-electron chi connectivity index (χ2n) is 5.15. The monoisotopic (exact) mass is 289 g/mol.